The summed E-state index contributed by atoms with van der Waals surface area (Å²) in [6, 6.07) is 16.4. The molecule has 31 heavy (non-hydrogen) atoms. The average molecular weight is 422 g/mol. The minimum Gasteiger partial charge on any atom is -0.508 e. The van der Waals surface area contributed by atoms with Gasteiger partial charge >= 0.3 is 5.97 Å². The Bertz CT molecular complexity index is 889. The van der Waals surface area contributed by atoms with Gasteiger partial charge in [-0.3, -0.25) is 9.59 Å². The molecule has 0 bridgehead atoms. The van der Waals surface area contributed by atoms with E-state index in [1.54, 1.807) is 12.1 Å². The molecular weight excluding hydrogens is 390 g/mol. The molecule has 2 aromatic carbocycles. The Labute approximate surface area is 184 Å². The highest BCUT2D eigenvalue weighted by molar-refractivity contribution is 6.05. The number of benzene rings is 2. The summed E-state index contributed by atoms with van der Waals surface area (Å²) >= 11 is 0. The average Bonchev–Trinajstić information content (AvgIpc) is 3.32. The van der Waals surface area contributed by atoms with Crippen molar-refractivity contribution in [2.24, 2.45) is 11.8 Å². The number of carbonyl (C=O) groups excluding carboxylic acids is 2. The zero-order chi connectivity index (χ0) is 21.8. The number of aryl methyl sites for hydroxylation is 1. The molecule has 2 aromatic rings. The third kappa shape index (κ3) is 4.60. The lowest BCUT2D eigenvalue weighted by Crippen LogP contribution is -2.60. The maximum Gasteiger partial charge on any atom is 0.316 e. The van der Waals surface area contributed by atoms with Gasteiger partial charge in [-0.05, 0) is 68.4 Å². The van der Waals surface area contributed by atoms with Crippen LogP contribution in [0.15, 0.2) is 54.6 Å². The summed E-state index contributed by atoms with van der Waals surface area (Å²) in [5.41, 5.74) is 1.98. The molecule has 1 saturated carbocycles. The van der Waals surface area contributed by atoms with Crippen molar-refractivity contribution >= 4 is 17.4 Å². The van der Waals surface area contributed by atoms with E-state index in [1.165, 1.54) is 0 Å². The molecule has 1 heterocycles. The van der Waals surface area contributed by atoms with Crippen LogP contribution in [0, 0.1) is 11.8 Å². The zero-order valence-electron chi connectivity index (χ0n) is 18.1. The highest BCUT2D eigenvalue weighted by Gasteiger charge is 2.50. The van der Waals surface area contributed by atoms with Crippen LogP contribution >= 0.6 is 0 Å². The number of hydrogen-bond acceptors (Lipinski definition) is 5. The second kappa shape index (κ2) is 9.54. The number of Topliss-reactive ketones (excluding diaryl/α,β-unsaturated/α-hetero) is 1. The Balaban J connectivity index is 1.59. The van der Waals surface area contributed by atoms with Gasteiger partial charge in [0.15, 0.2) is 5.78 Å². The number of aromatic hydroxyl groups is 1. The second-order valence-electron chi connectivity index (χ2n) is 8.67. The van der Waals surface area contributed by atoms with Crippen molar-refractivity contribution in [3.05, 3.63) is 60.2 Å². The van der Waals surface area contributed by atoms with Gasteiger partial charge in [0, 0.05) is 12.2 Å². The summed E-state index contributed by atoms with van der Waals surface area (Å²) in [6.45, 7) is 2.72. The molecule has 5 heteroatoms. The first-order valence-electron chi connectivity index (χ1n) is 11.4. The quantitative estimate of drug-likeness (QED) is 0.526. The van der Waals surface area contributed by atoms with Crippen molar-refractivity contribution in [2.75, 3.05) is 11.4 Å². The van der Waals surface area contributed by atoms with Crippen molar-refractivity contribution in [2.45, 2.75) is 57.6 Å². The van der Waals surface area contributed by atoms with Crippen LogP contribution in [0.25, 0.3) is 0 Å². The van der Waals surface area contributed by atoms with E-state index in [2.05, 4.69) is 4.90 Å². The summed E-state index contributed by atoms with van der Waals surface area (Å²) in [6.07, 6.45) is 4.89. The number of phenols is 1. The fourth-order valence-corrected chi connectivity index (χ4v) is 5.13. The molecule has 0 radical (unpaired) electrons. The number of likely N-dealkylation sites (N-methyl/N-ethyl adjacent to an activating group) is 1. The van der Waals surface area contributed by atoms with E-state index >= 15 is 0 Å². The molecule has 5 nitrogen and oxygen atoms in total. The molecule has 1 aliphatic heterocycles. The number of hydrogen-bond donors (Lipinski definition) is 1. The smallest absolute Gasteiger partial charge is 0.316 e. The van der Waals surface area contributed by atoms with Crippen LogP contribution in [-0.2, 0) is 20.7 Å². The van der Waals surface area contributed by atoms with Crippen LogP contribution in [0.3, 0.4) is 0 Å². The molecule has 1 aliphatic carbocycles. The second-order valence-corrected chi connectivity index (χ2v) is 8.67. The van der Waals surface area contributed by atoms with Gasteiger partial charge in [0.05, 0.1) is 0 Å². The number of ether oxygens (including phenoxy) is 1. The maximum atomic E-state index is 13.8. The van der Waals surface area contributed by atoms with Crippen LogP contribution in [0.5, 0.6) is 5.75 Å². The van der Waals surface area contributed by atoms with Gasteiger partial charge < -0.3 is 14.7 Å². The van der Waals surface area contributed by atoms with Crippen molar-refractivity contribution in [3.8, 4) is 5.75 Å². The number of ketones is 1. The molecule has 2 fully saturated rings. The highest BCUT2D eigenvalue weighted by atomic mass is 16.5. The molecule has 0 amide bonds. The molecule has 2 aliphatic rings. The standard InChI is InChI=1S/C26H31NO4/c1-2-27(20-10-4-3-5-11-20)23-24(29)22(17-14-18-12-15-21(28)16-13-18)26(30)31-25(23)19-8-6-7-9-19/h3-5,10-13,15-16,19,22-23,25,28H,2,6-9,14,17H2,1H3. The van der Waals surface area contributed by atoms with E-state index in [4.69, 9.17) is 4.74 Å². The van der Waals surface area contributed by atoms with Gasteiger partial charge in [0.25, 0.3) is 0 Å². The predicted molar refractivity (Wildman–Crippen MR) is 120 cm³/mol. The molecule has 1 saturated heterocycles. The van der Waals surface area contributed by atoms with Crippen molar-refractivity contribution in [3.63, 3.8) is 0 Å². The van der Waals surface area contributed by atoms with E-state index in [9.17, 15) is 14.7 Å². The largest absolute Gasteiger partial charge is 0.508 e. The first-order chi connectivity index (χ1) is 15.1. The van der Waals surface area contributed by atoms with E-state index in [-0.39, 0.29) is 29.5 Å². The number of rotatable bonds is 7. The van der Waals surface area contributed by atoms with Gasteiger partial charge in [-0.2, -0.15) is 0 Å². The monoisotopic (exact) mass is 421 g/mol. The number of anilines is 1. The fourth-order valence-electron chi connectivity index (χ4n) is 5.13. The fraction of sp³-hybridized carbons (Fsp3) is 0.462. The third-order valence-corrected chi connectivity index (χ3v) is 6.77. The van der Waals surface area contributed by atoms with Gasteiger partial charge in [0.1, 0.15) is 23.8 Å². The van der Waals surface area contributed by atoms with Gasteiger partial charge in [0.2, 0.25) is 0 Å². The topological polar surface area (TPSA) is 66.8 Å². The van der Waals surface area contributed by atoms with Gasteiger partial charge in [-0.15, -0.1) is 0 Å². The molecule has 3 unspecified atom stereocenters. The zero-order valence-corrected chi connectivity index (χ0v) is 18.1. The van der Waals surface area contributed by atoms with Crippen molar-refractivity contribution in [1.82, 2.24) is 0 Å². The number of esters is 1. The Morgan fingerprint density at radius 1 is 1.00 bits per heavy atom. The van der Waals surface area contributed by atoms with E-state index in [0.29, 0.717) is 19.4 Å². The summed E-state index contributed by atoms with van der Waals surface area (Å²) in [5, 5.41) is 9.49. The summed E-state index contributed by atoms with van der Waals surface area (Å²) in [5.74, 6) is -0.695. The van der Waals surface area contributed by atoms with Crippen molar-refractivity contribution < 1.29 is 19.4 Å². The minimum atomic E-state index is -0.755. The Hall–Kier alpha value is -2.82. The first kappa shape index (κ1) is 21.4. The van der Waals surface area contributed by atoms with Crippen LogP contribution in [0.4, 0.5) is 5.69 Å². The van der Waals surface area contributed by atoms with Gasteiger partial charge in [-0.25, -0.2) is 0 Å². The number of cyclic esters (lactones) is 1. The lowest BCUT2D eigenvalue weighted by molar-refractivity contribution is -0.170. The Kier molecular flexibility index (Phi) is 6.59. The lowest BCUT2D eigenvalue weighted by atomic mass is 9.81. The van der Waals surface area contributed by atoms with Crippen LogP contribution < -0.4 is 4.90 Å². The summed E-state index contributed by atoms with van der Waals surface area (Å²) in [4.78, 5) is 28.8. The van der Waals surface area contributed by atoms with Crippen LogP contribution in [0.1, 0.15) is 44.6 Å². The number of nitrogens with zero attached hydrogens (tertiary/aromatic N) is 1. The molecular formula is C26H31NO4. The SMILES string of the molecule is CCN(c1ccccc1)C1C(=O)C(CCc2ccc(O)cc2)C(=O)OC1C1CCCC1. The Morgan fingerprint density at radius 2 is 1.68 bits per heavy atom. The molecule has 1 N–H and O–H groups in total. The predicted octanol–water partition coefficient (Wildman–Crippen LogP) is 4.52. The molecule has 164 valence electrons. The minimum absolute atomic E-state index is 0.0161. The number of phenolic OH excluding ortho intramolecular Hbond substituents is 1. The van der Waals surface area contributed by atoms with E-state index < -0.39 is 12.0 Å². The maximum absolute atomic E-state index is 13.8. The van der Waals surface area contributed by atoms with Crippen LogP contribution in [-0.4, -0.2) is 35.5 Å². The molecule has 0 aromatic heterocycles. The number of carbonyl (C=O) groups is 2. The first-order valence-corrected chi connectivity index (χ1v) is 11.4. The highest BCUT2D eigenvalue weighted by Crippen LogP contribution is 2.38. The summed E-state index contributed by atoms with van der Waals surface area (Å²) in [7, 11) is 0. The lowest BCUT2D eigenvalue weighted by Gasteiger charge is -2.43. The normalized spacial score (nSPS) is 24.2. The third-order valence-electron chi connectivity index (χ3n) is 6.77. The molecule has 3 atom stereocenters. The van der Waals surface area contributed by atoms with E-state index in [1.807, 2.05) is 49.4 Å². The Morgan fingerprint density at radius 3 is 2.32 bits per heavy atom. The van der Waals surface area contributed by atoms with E-state index in [0.717, 1.165) is 36.9 Å². The summed E-state index contributed by atoms with van der Waals surface area (Å²) < 4.78 is 6.04. The molecule has 0 spiro atoms. The van der Waals surface area contributed by atoms with Crippen LogP contribution in [0.2, 0.25) is 0 Å². The van der Waals surface area contributed by atoms with Gasteiger partial charge in [-0.1, -0.05) is 43.2 Å². The number of para-hydroxylation sites is 1. The van der Waals surface area contributed by atoms with Crippen molar-refractivity contribution in [1.29, 1.82) is 0 Å². The molecule has 4 rings (SSSR count).